The SMILES string of the molecule is CNC1CSSCC(C(=O)O)NC(=O)[C@H](Cc2ccccc2)NC(=O)C2CSSCC(NC(=O)CNC1=O)C(=O)NCC(=O)NCC(=O)NCC(=O)N2. The molecule has 2 heterocycles. The standard InChI is InChI=1S/C30H41N9O10S4/c1-31-18-12-50-53-15-21(30(48)49)39-28(46)17(7-16-5-3-2-4-6-16)38-29(47)20-14-52-51-13-19(36-25(43)11-35-26(18)44)27(45)34-9-23(41)32-8-22(40)33-10-24(42)37-20/h2-6,17-21,31H,7-15H2,1H3,(H,32,41)(H,33,40)(H,34,45)(H,35,44)(H,36,43)(H,37,42)(H,38,47)(H,39,46)(H,48,49)/t17-,18?,19?,20?,21?/m0/s1. The van der Waals surface area contributed by atoms with Crippen LogP contribution in [0, 0.1) is 0 Å². The van der Waals surface area contributed by atoms with Gasteiger partial charge >= 0.3 is 5.97 Å². The molecule has 0 aromatic heterocycles. The third-order valence-corrected chi connectivity index (χ3v) is 12.2. The zero-order valence-electron chi connectivity index (χ0n) is 28.4. The lowest BCUT2D eigenvalue weighted by Gasteiger charge is -2.25. The highest BCUT2D eigenvalue weighted by molar-refractivity contribution is 8.77. The third kappa shape index (κ3) is 15.8. The van der Waals surface area contributed by atoms with E-state index in [1.165, 1.54) is 7.05 Å². The Balaban J connectivity index is 1.95. The second-order valence-electron chi connectivity index (χ2n) is 11.4. The van der Waals surface area contributed by atoms with Gasteiger partial charge in [0.05, 0.1) is 32.2 Å². The molecule has 0 radical (unpaired) electrons. The van der Waals surface area contributed by atoms with Crippen LogP contribution in [0.3, 0.4) is 0 Å². The van der Waals surface area contributed by atoms with E-state index in [0.29, 0.717) is 5.56 Å². The fraction of sp³-hybridized carbons (Fsp3) is 0.500. The molecule has 10 N–H and O–H groups in total. The molecule has 2 aliphatic heterocycles. The van der Waals surface area contributed by atoms with Crippen LogP contribution in [-0.4, -0.2) is 145 Å². The van der Waals surface area contributed by atoms with Crippen LogP contribution < -0.4 is 47.9 Å². The van der Waals surface area contributed by atoms with Crippen molar-refractivity contribution in [3.63, 3.8) is 0 Å². The molecule has 2 aliphatic rings. The number of aliphatic carboxylic acids is 1. The fourth-order valence-electron chi connectivity index (χ4n) is 4.45. The van der Waals surface area contributed by atoms with E-state index in [9.17, 15) is 48.3 Å². The van der Waals surface area contributed by atoms with Gasteiger partial charge in [-0.25, -0.2) is 4.79 Å². The van der Waals surface area contributed by atoms with Crippen LogP contribution in [0.1, 0.15) is 5.56 Å². The first-order valence-corrected chi connectivity index (χ1v) is 21.0. The summed E-state index contributed by atoms with van der Waals surface area (Å²) in [4.78, 5) is 116. The van der Waals surface area contributed by atoms with Crippen molar-refractivity contribution >= 4 is 96.4 Å². The number of amides is 8. The van der Waals surface area contributed by atoms with E-state index in [1.807, 2.05) is 0 Å². The molecule has 8 amide bonds. The third-order valence-electron chi connectivity index (χ3n) is 7.34. The largest absolute Gasteiger partial charge is 0.480 e. The predicted octanol–water partition coefficient (Wildman–Crippen LogP) is -3.90. The topological polar surface area (TPSA) is 282 Å². The summed E-state index contributed by atoms with van der Waals surface area (Å²) < 4.78 is 0. The molecule has 53 heavy (non-hydrogen) atoms. The first-order chi connectivity index (χ1) is 25.4. The minimum Gasteiger partial charge on any atom is -0.480 e. The number of carbonyl (C=O) groups is 9. The Morgan fingerprint density at radius 3 is 1.74 bits per heavy atom. The number of nitrogens with one attached hydrogen (secondary N) is 9. The molecule has 5 atom stereocenters. The highest BCUT2D eigenvalue weighted by Crippen LogP contribution is 2.24. The molecule has 4 unspecified atom stereocenters. The van der Waals surface area contributed by atoms with E-state index < -0.39 is 110 Å². The molecule has 2 saturated heterocycles. The maximum Gasteiger partial charge on any atom is 0.327 e. The summed E-state index contributed by atoms with van der Waals surface area (Å²) in [5.74, 6) is -7.32. The van der Waals surface area contributed by atoms with Gasteiger partial charge in [0.25, 0.3) is 0 Å². The molecule has 3 rings (SSSR count). The first kappa shape index (κ1) is 43.2. The highest BCUT2D eigenvalue weighted by Gasteiger charge is 2.31. The number of carbonyl (C=O) groups excluding carboxylic acids is 8. The second kappa shape index (κ2) is 22.8. The van der Waals surface area contributed by atoms with Crippen LogP contribution in [-0.2, 0) is 49.6 Å². The Hall–Kier alpha value is -4.19. The van der Waals surface area contributed by atoms with Crippen molar-refractivity contribution in [2.75, 3.05) is 56.2 Å². The Morgan fingerprint density at radius 2 is 1.13 bits per heavy atom. The van der Waals surface area contributed by atoms with Gasteiger partial charge < -0.3 is 53.0 Å². The highest BCUT2D eigenvalue weighted by atomic mass is 33.1. The molecule has 290 valence electrons. The van der Waals surface area contributed by atoms with E-state index >= 15 is 0 Å². The lowest BCUT2D eigenvalue weighted by Crippen LogP contribution is -2.58. The number of benzene rings is 1. The quantitative estimate of drug-likeness (QED) is 0.130. The Kier molecular flexibility index (Phi) is 18.6. The maximum atomic E-state index is 13.7. The number of carboxylic acid groups (broad SMARTS) is 1. The number of carboxylic acids is 1. The van der Waals surface area contributed by atoms with Crippen LogP contribution in [0.5, 0.6) is 0 Å². The molecule has 19 nitrogen and oxygen atoms in total. The van der Waals surface area contributed by atoms with Gasteiger partial charge in [-0.2, -0.15) is 0 Å². The summed E-state index contributed by atoms with van der Waals surface area (Å²) in [7, 11) is 5.85. The molecule has 1 aromatic carbocycles. The van der Waals surface area contributed by atoms with E-state index in [-0.39, 0.29) is 29.4 Å². The van der Waals surface area contributed by atoms with Crippen molar-refractivity contribution in [3.8, 4) is 0 Å². The number of likely N-dealkylation sites (N-methyl/N-ethyl adjacent to an activating group) is 1. The zero-order chi connectivity index (χ0) is 38.8. The second-order valence-corrected chi connectivity index (χ2v) is 16.5. The van der Waals surface area contributed by atoms with E-state index in [4.69, 9.17) is 0 Å². The minimum atomic E-state index is -1.38. The van der Waals surface area contributed by atoms with Gasteiger partial charge in [0, 0.05) is 29.4 Å². The Morgan fingerprint density at radius 1 is 0.623 bits per heavy atom. The predicted molar refractivity (Wildman–Crippen MR) is 200 cm³/mol. The summed E-state index contributed by atoms with van der Waals surface area (Å²) in [5.41, 5.74) is 0.645. The molecule has 2 fully saturated rings. The van der Waals surface area contributed by atoms with Crippen LogP contribution >= 0.6 is 43.2 Å². The smallest absolute Gasteiger partial charge is 0.327 e. The summed E-state index contributed by atoms with van der Waals surface area (Å²) in [5, 5.41) is 32.3. The number of hydrogen-bond acceptors (Lipinski definition) is 14. The van der Waals surface area contributed by atoms with Gasteiger partial charge in [0.2, 0.25) is 47.3 Å². The zero-order valence-corrected chi connectivity index (χ0v) is 31.7. The Bertz CT molecular complexity index is 1510. The summed E-state index contributed by atoms with van der Waals surface area (Å²) >= 11 is 0. The van der Waals surface area contributed by atoms with E-state index in [0.717, 1.165) is 43.2 Å². The molecule has 0 aliphatic carbocycles. The average molecular weight is 816 g/mol. The van der Waals surface area contributed by atoms with Crippen molar-refractivity contribution < 1.29 is 48.3 Å². The molecular weight excluding hydrogens is 775 g/mol. The van der Waals surface area contributed by atoms with Gasteiger partial charge in [-0.15, -0.1) is 0 Å². The van der Waals surface area contributed by atoms with Crippen molar-refractivity contribution in [1.82, 2.24) is 47.9 Å². The van der Waals surface area contributed by atoms with Crippen molar-refractivity contribution in [1.29, 1.82) is 0 Å². The lowest BCUT2D eigenvalue weighted by atomic mass is 10.0. The number of fused-ring (bicyclic) bond motifs is 5. The first-order valence-electron chi connectivity index (χ1n) is 16.1. The van der Waals surface area contributed by atoms with Crippen molar-refractivity contribution in [2.24, 2.45) is 0 Å². The fourth-order valence-corrected chi connectivity index (χ4v) is 9.18. The van der Waals surface area contributed by atoms with Gasteiger partial charge in [-0.1, -0.05) is 73.5 Å². The number of hydrogen-bond donors (Lipinski definition) is 10. The minimum absolute atomic E-state index is 0.0353. The van der Waals surface area contributed by atoms with Crippen LogP contribution in [0.2, 0.25) is 0 Å². The van der Waals surface area contributed by atoms with Gasteiger partial charge in [0.15, 0.2) is 0 Å². The van der Waals surface area contributed by atoms with Gasteiger partial charge in [-0.05, 0) is 12.6 Å². The molecule has 23 heteroatoms. The van der Waals surface area contributed by atoms with Crippen LogP contribution in [0.15, 0.2) is 30.3 Å². The monoisotopic (exact) mass is 815 g/mol. The molecule has 0 saturated carbocycles. The van der Waals surface area contributed by atoms with Gasteiger partial charge in [-0.3, -0.25) is 38.4 Å². The normalized spacial score (nSPS) is 25.8. The molecule has 2 bridgehead atoms. The molecule has 1 aromatic rings. The van der Waals surface area contributed by atoms with Gasteiger partial charge in [0.1, 0.15) is 24.2 Å². The summed E-state index contributed by atoms with van der Waals surface area (Å²) in [6.07, 6.45) is -0.0353. The van der Waals surface area contributed by atoms with Crippen LogP contribution in [0.4, 0.5) is 0 Å². The van der Waals surface area contributed by atoms with Crippen molar-refractivity contribution in [3.05, 3.63) is 35.9 Å². The lowest BCUT2D eigenvalue weighted by molar-refractivity contribution is -0.141. The summed E-state index contributed by atoms with van der Waals surface area (Å²) in [6, 6.07) is 2.68. The number of rotatable bonds is 4. The average Bonchev–Trinajstić information content (AvgIpc) is 3.13. The Labute approximate surface area is 320 Å². The van der Waals surface area contributed by atoms with E-state index in [1.54, 1.807) is 30.3 Å². The van der Waals surface area contributed by atoms with Crippen LogP contribution in [0.25, 0.3) is 0 Å². The summed E-state index contributed by atoms with van der Waals surface area (Å²) in [6.45, 7) is -2.12. The molecule has 0 spiro atoms. The maximum absolute atomic E-state index is 13.7. The van der Waals surface area contributed by atoms with Crippen molar-refractivity contribution in [2.45, 2.75) is 36.6 Å². The van der Waals surface area contributed by atoms with E-state index in [2.05, 4.69) is 47.9 Å². The molecular formula is C30H41N9O10S4.